The normalized spacial score (nSPS) is 19.0. The lowest BCUT2D eigenvalue weighted by atomic mass is 10.0. The molecule has 8 nitrogen and oxygen atoms in total. The van der Waals surface area contributed by atoms with E-state index in [0.29, 0.717) is 25.3 Å². The molecule has 1 aromatic heterocycles. The molecular formula is C21H28N3O5+. The number of likely N-dealkylation sites (tertiary alicyclic amines) is 1. The Balaban J connectivity index is 1.40. The number of hydrogen-bond donors (Lipinski definition) is 3. The van der Waals surface area contributed by atoms with Crippen molar-refractivity contribution in [3.8, 4) is 0 Å². The molecule has 4 rings (SSSR count). The van der Waals surface area contributed by atoms with Gasteiger partial charge in [-0.15, -0.1) is 0 Å². The first-order valence-corrected chi connectivity index (χ1v) is 10.1. The first kappa shape index (κ1) is 19.9. The summed E-state index contributed by atoms with van der Waals surface area (Å²) in [5, 5.41) is 3.74. The van der Waals surface area contributed by atoms with E-state index in [1.807, 2.05) is 25.1 Å². The molecule has 0 radical (unpaired) electrons. The molecule has 3 heterocycles. The maximum absolute atomic E-state index is 12.7. The molecule has 2 aromatic rings. The van der Waals surface area contributed by atoms with Crippen LogP contribution in [0.5, 0.6) is 0 Å². The quantitative estimate of drug-likeness (QED) is 0.649. The first-order chi connectivity index (χ1) is 14.0. The number of esters is 1. The summed E-state index contributed by atoms with van der Waals surface area (Å²) < 4.78 is 16.4. The summed E-state index contributed by atoms with van der Waals surface area (Å²) in [7, 11) is 1.33. The van der Waals surface area contributed by atoms with Crippen LogP contribution in [0.25, 0.3) is 10.9 Å². The zero-order chi connectivity index (χ0) is 20.4. The van der Waals surface area contributed by atoms with E-state index in [0.717, 1.165) is 48.9 Å². The molecule has 2 fully saturated rings. The number of methoxy groups -OCH3 is 1. The molecule has 1 amide bonds. The van der Waals surface area contributed by atoms with Gasteiger partial charge in [0.2, 0.25) is 5.91 Å². The van der Waals surface area contributed by atoms with Gasteiger partial charge in [-0.25, -0.2) is 4.79 Å². The highest BCUT2D eigenvalue weighted by Crippen LogP contribution is 2.30. The van der Waals surface area contributed by atoms with Gasteiger partial charge in [0.05, 0.1) is 64.9 Å². The second-order valence-corrected chi connectivity index (χ2v) is 7.82. The largest absolute Gasteiger partial charge is 0.464 e. The van der Waals surface area contributed by atoms with Crippen LogP contribution in [0, 0.1) is 6.92 Å². The predicted molar refractivity (Wildman–Crippen MR) is 107 cm³/mol. The van der Waals surface area contributed by atoms with Gasteiger partial charge in [-0.3, -0.25) is 4.79 Å². The maximum atomic E-state index is 12.7. The number of hydrogen-bond acceptors (Lipinski definition) is 5. The highest BCUT2D eigenvalue weighted by atomic mass is 16.7. The Bertz CT molecular complexity index is 906. The highest BCUT2D eigenvalue weighted by molar-refractivity contribution is 6.11. The van der Waals surface area contributed by atoms with Crippen molar-refractivity contribution in [3.63, 3.8) is 0 Å². The number of aryl methyl sites for hydroxylation is 1. The van der Waals surface area contributed by atoms with Gasteiger partial charge in [0, 0.05) is 10.9 Å². The Labute approximate surface area is 169 Å². The molecule has 0 unspecified atom stereocenters. The standard InChI is InChI=1S/C21H27N3O5/c1-14-3-4-16-15(13-14)18(19(22-16)20(26)27-2)23-17(25)5-8-24-9-6-21(7-10-24)28-11-12-29-21/h3-4,13,22H,5-12H2,1-2H3,(H,23,25)/p+1. The lowest BCUT2D eigenvalue weighted by Crippen LogP contribution is -3.13. The fourth-order valence-corrected chi connectivity index (χ4v) is 4.20. The summed E-state index contributed by atoms with van der Waals surface area (Å²) in [4.78, 5) is 29.2. The minimum atomic E-state index is -0.502. The van der Waals surface area contributed by atoms with Crippen LogP contribution in [-0.4, -0.2) is 62.6 Å². The lowest BCUT2D eigenvalue weighted by Gasteiger charge is -2.35. The minimum absolute atomic E-state index is 0.112. The third-order valence-electron chi connectivity index (χ3n) is 5.85. The number of aromatic amines is 1. The van der Waals surface area contributed by atoms with E-state index in [2.05, 4.69) is 10.3 Å². The van der Waals surface area contributed by atoms with E-state index >= 15 is 0 Å². The number of H-pyrrole nitrogens is 1. The lowest BCUT2D eigenvalue weighted by molar-refractivity contribution is -0.908. The molecule has 0 saturated carbocycles. The molecule has 156 valence electrons. The smallest absolute Gasteiger partial charge is 0.356 e. The number of quaternary nitrogens is 1. The van der Waals surface area contributed by atoms with Gasteiger partial charge >= 0.3 is 5.97 Å². The molecule has 0 aliphatic carbocycles. The predicted octanol–water partition coefficient (Wildman–Crippen LogP) is 1.01. The summed E-state index contributed by atoms with van der Waals surface area (Å²) in [5.41, 5.74) is 2.59. The summed E-state index contributed by atoms with van der Waals surface area (Å²) in [6.45, 7) is 5.89. The second-order valence-electron chi connectivity index (χ2n) is 7.82. The van der Waals surface area contributed by atoms with Crippen molar-refractivity contribution in [3.05, 3.63) is 29.5 Å². The van der Waals surface area contributed by atoms with Crippen molar-refractivity contribution in [2.45, 2.75) is 32.0 Å². The maximum Gasteiger partial charge on any atom is 0.356 e. The average molecular weight is 402 g/mol. The van der Waals surface area contributed by atoms with E-state index in [9.17, 15) is 9.59 Å². The fourth-order valence-electron chi connectivity index (χ4n) is 4.20. The number of carbonyl (C=O) groups excluding carboxylic acids is 2. The number of ether oxygens (including phenoxy) is 3. The Kier molecular flexibility index (Phi) is 5.58. The van der Waals surface area contributed by atoms with E-state index in [1.54, 1.807) is 0 Å². The van der Waals surface area contributed by atoms with Gasteiger partial charge < -0.3 is 29.4 Å². The monoisotopic (exact) mass is 402 g/mol. The van der Waals surface area contributed by atoms with Gasteiger partial charge in [0.15, 0.2) is 5.79 Å². The van der Waals surface area contributed by atoms with Crippen molar-refractivity contribution < 1.29 is 28.7 Å². The van der Waals surface area contributed by atoms with Crippen LogP contribution in [0.4, 0.5) is 5.69 Å². The summed E-state index contributed by atoms with van der Waals surface area (Å²) in [6.07, 6.45) is 2.10. The SMILES string of the molecule is COC(=O)c1[nH]c2ccc(C)cc2c1NC(=O)CC[NH+]1CCC2(CC1)OCCO2. The minimum Gasteiger partial charge on any atom is -0.464 e. The Hall–Kier alpha value is -2.42. The zero-order valence-electron chi connectivity index (χ0n) is 16.9. The van der Waals surface area contributed by atoms with Crippen molar-refractivity contribution in [2.75, 3.05) is 45.3 Å². The number of fused-ring (bicyclic) bond motifs is 1. The molecule has 1 spiro atoms. The number of rotatable bonds is 5. The van der Waals surface area contributed by atoms with Crippen LogP contribution in [0.15, 0.2) is 18.2 Å². The molecule has 3 N–H and O–H groups in total. The third-order valence-corrected chi connectivity index (χ3v) is 5.85. The Morgan fingerprint density at radius 1 is 1.24 bits per heavy atom. The topological polar surface area (TPSA) is 94.1 Å². The first-order valence-electron chi connectivity index (χ1n) is 10.1. The average Bonchev–Trinajstić information content (AvgIpc) is 3.32. The Morgan fingerprint density at radius 2 is 1.97 bits per heavy atom. The molecule has 2 aliphatic rings. The number of piperidine rings is 1. The van der Waals surface area contributed by atoms with Crippen LogP contribution in [-0.2, 0) is 19.0 Å². The highest BCUT2D eigenvalue weighted by Gasteiger charge is 2.41. The van der Waals surface area contributed by atoms with Crippen molar-refractivity contribution in [1.29, 1.82) is 0 Å². The van der Waals surface area contributed by atoms with Crippen molar-refractivity contribution in [1.82, 2.24) is 4.98 Å². The van der Waals surface area contributed by atoms with Gasteiger partial charge in [-0.1, -0.05) is 11.6 Å². The number of amides is 1. The second kappa shape index (κ2) is 8.14. The number of benzene rings is 1. The van der Waals surface area contributed by atoms with E-state index in [1.165, 1.54) is 12.0 Å². The summed E-state index contributed by atoms with van der Waals surface area (Å²) in [6, 6.07) is 5.80. The van der Waals surface area contributed by atoms with Crippen LogP contribution in [0.3, 0.4) is 0 Å². The molecular weight excluding hydrogens is 374 g/mol. The van der Waals surface area contributed by atoms with Gasteiger partial charge in [-0.2, -0.15) is 0 Å². The van der Waals surface area contributed by atoms with Gasteiger partial charge in [0.1, 0.15) is 5.69 Å². The number of aromatic nitrogens is 1. The molecule has 2 saturated heterocycles. The summed E-state index contributed by atoms with van der Waals surface area (Å²) >= 11 is 0. The van der Waals surface area contributed by atoms with E-state index in [4.69, 9.17) is 14.2 Å². The Morgan fingerprint density at radius 3 is 2.66 bits per heavy atom. The molecule has 1 aromatic carbocycles. The zero-order valence-corrected chi connectivity index (χ0v) is 16.9. The van der Waals surface area contributed by atoms with E-state index < -0.39 is 5.97 Å². The van der Waals surface area contributed by atoms with Crippen LogP contribution in [0.2, 0.25) is 0 Å². The van der Waals surface area contributed by atoms with Crippen molar-refractivity contribution >= 4 is 28.5 Å². The van der Waals surface area contributed by atoms with Gasteiger partial charge in [-0.05, 0) is 19.1 Å². The number of nitrogens with one attached hydrogen (secondary N) is 3. The fraction of sp³-hybridized carbons (Fsp3) is 0.524. The van der Waals surface area contributed by atoms with E-state index in [-0.39, 0.29) is 17.4 Å². The number of carbonyl (C=O) groups is 2. The van der Waals surface area contributed by atoms with Crippen LogP contribution < -0.4 is 10.2 Å². The molecule has 29 heavy (non-hydrogen) atoms. The molecule has 0 atom stereocenters. The molecule has 0 bridgehead atoms. The summed E-state index contributed by atoms with van der Waals surface area (Å²) in [5.74, 6) is -1.00. The van der Waals surface area contributed by atoms with Crippen LogP contribution >= 0.6 is 0 Å². The number of anilines is 1. The van der Waals surface area contributed by atoms with Crippen molar-refractivity contribution in [2.24, 2.45) is 0 Å². The molecule has 8 heteroatoms. The van der Waals surface area contributed by atoms with Gasteiger partial charge in [0.25, 0.3) is 0 Å². The third kappa shape index (κ3) is 4.14. The molecule has 2 aliphatic heterocycles. The van der Waals surface area contributed by atoms with Crippen LogP contribution in [0.1, 0.15) is 35.3 Å².